The first-order valence-corrected chi connectivity index (χ1v) is 4.74. The standard InChI is InChI=1S/C9H6INO/c10-8-3-6-1-2-12-9(6)4-7(8)5-11/h3-4H,1-2H2. The van der Waals surface area contributed by atoms with Gasteiger partial charge >= 0.3 is 0 Å². The Morgan fingerprint density at radius 2 is 2.33 bits per heavy atom. The van der Waals surface area contributed by atoms with Crippen molar-refractivity contribution < 1.29 is 4.74 Å². The zero-order valence-electron chi connectivity index (χ0n) is 6.30. The highest BCUT2D eigenvalue weighted by Gasteiger charge is 2.14. The molecule has 0 radical (unpaired) electrons. The van der Waals surface area contributed by atoms with Crippen molar-refractivity contribution in [1.82, 2.24) is 0 Å². The Morgan fingerprint density at radius 3 is 3.08 bits per heavy atom. The molecule has 1 heterocycles. The topological polar surface area (TPSA) is 33.0 Å². The SMILES string of the molecule is N#Cc1cc2c(cc1I)CCO2. The number of nitriles is 1. The largest absolute Gasteiger partial charge is 0.493 e. The predicted octanol–water partition coefficient (Wildman–Crippen LogP) is 2.10. The molecule has 0 aromatic heterocycles. The van der Waals surface area contributed by atoms with Crippen LogP contribution in [0.2, 0.25) is 0 Å². The number of hydrogen-bond donors (Lipinski definition) is 0. The van der Waals surface area contributed by atoms with Gasteiger partial charge in [0.1, 0.15) is 11.8 Å². The van der Waals surface area contributed by atoms with Crippen LogP contribution in [-0.4, -0.2) is 6.61 Å². The Bertz CT molecular complexity index is 367. The highest BCUT2D eigenvalue weighted by Crippen LogP contribution is 2.28. The zero-order chi connectivity index (χ0) is 8.55. The third kappa shape index (κ3) is 1.16. The molecule has 60 valence electrons. The van der Waals surface area contributed by atoms with Crippen LogP contribution in [0.15, 0.2) is 12.1 Å². The van der Waals surface area contributed by atoms with Crippen LogP contribution >= 0.6 is 22.6 Å². The number of rotatable bonds is 0. The van der Waals surface area contributed by atoms with E-state index in [0.717, 1.165) is 22.3 Å². The predicted molar refractivity (Wildman–Crippen MR) is 53.1 cm³/mol. The van der Waals surface area contributed by atoms with Crippen LogP contribution < -0.4 is 4.74 Å². The van der Waals surface area contributed by atoms with Crippen molar-refractivity contribution in [2.24, 2.45) is 0 Å². The summed E-state index contributed by atoms with van der Waals surface area (Å²) in [5.74, 6) is 0.881. The summed E-state index contributed by atoms with van der Waals surface area (Å²) in [6.07, 6.45) is 0.969. The summed E-state index contributed by atoms with van der Waals surface area (Å²) in [6.45, 7) is 0.750. The van der Waals surface area contributed by atoms with Crippen LogP contribution in [0.3, 0.4) is 0 Å². The normalized spacial score (nSPS) is 13.3. The van der Waals surface area contributed by atoms with Gasteiger partial charge < -0.3 is 4.74 Å². The quantitative estimate of drug-likeness (QED) is 0.677. The van der Waals surface area contributed by atoms with Crippen molar-refractivity contribution in [1.29, 1.82) is 5.26 Å². The lowest BCUT2D eigenvalue weighted by Crippen LogP contribution is -1.86. The molecule has 0 saturated carbocycles. The summed E-state index contributed by atoms with van der Waals surface area (Å²) in [4.78, 5) is 0. The van der Waals surface area contributed by atoms with Gasteiger partial charge in [0.05, 0.1) is 12.2 Å². The van der Waals surface area contributed by atoms with E-state index in [-0.39, 0.29) is 0 Å². The molecular weight excluding hydrogens is 265 g/mol. The van der Waals surface area contributed by atoms with Gasteiger partial charge in [0, 0.05) is 9.99 Å². The van der Waals surface area contributed by atoms with Gasteiger partial charge in [0.25, 0.3) is 0 Å². The summed E-state index contributed by atoms with van der Waals surface area (Å²) in [5.41, 5.74) is 1.93. The molecule has 0 unspecified atom stereocenters. The molecule has 1 aromatic carbocycles. The fraction of sp³-hybridized carbons (Fsp3) is 0.222. The van der Waals surface area contributed by atoms with Crippen LogP contribution in [0.1, 0.15) is 11.1 Å². The molecule has 0 saturated heterocycles. The lowest BCUT2D eigenvalue weighted by molar-refractivity contribution is 0.356. The monoisotopic (exact) mass is 271 g/mol. The Morgan fingerprint density at radius 1 is 1.50 bits per heavy atom. The summed E-state index contributed by atoms with van der Waals surface area (Å²) in [5, 5.41) is 8.74. The van der Waals surface area contributed by atoms with Gasteiger partial charge in [-0.3, -0.25) is 0 Å². The van der Waals surface area contributed by atoms with E-state index >= 15 is 0 Å². The van der Waals surface area contributed by atoms with Crippen molar-refractivity contribution in [3.8, 4) is 11.8 Å². The van der Waals surface area contributed by atoms with Crippen molar-refractivity contribution >= 4 is 22.6 Å². The average Bonchev–Trinajstić information content (AvgIpc) is 2.49. The molecule has 0 bridgehead atoms. The minimum absolute atomic E-state index is 0.705. The number of hydrogen-bond acceptors (Lipinski definition) is 2. The first-order chi connectivity index (χ1) is 5.81. The van der Waals surface area contributed by atoms with E-state index in [0.29, 0.717) is 5.56 Å². The average molecular weight is 271 g/mol. The molecular formula is C9H6INO. The van der Waals surface area contributed by atoms with Gasteiger partial charge in [0.2, 0.25) is 0 Å². The number of ether oxygens (including phenoxy) is 1. The first-order valence-electron chi connectivity index (χ1n) is 3.66. The second kappa shape index (κ2) is 2.94. The molecule has 3 heteroatoms. The van der Waals surface area contributed by atoms with E-state index in [2.05, 4.69) is 28.7 Å². The zero-order valence-corrected chi connectivity index (χ0v) is 8.46. The Balaban J connectivity index is 2.59. The molecule has 0 spiro atoms. The van der Waals surface area contributed by atoms with E-state index in [4.69, 9.17) is 10.00 Å². The molecule has 0 atom stereocenters. The van der Waals surface area contributed by atoms with Gasteiger partial charge in [-0.25, -0.2) is 0 Å². The van der Waals surface area contributed by atoms with Gasteiger partial charge in [-0.05, 0) is 40.3 Å². The minimum atomic E-state index is 0.705. The molecule has 2 rings (SSSR count). The molecule has 1 aliphatic heterocycles. The van der Waals surface area contributed by atoms with Crippen molar-refractivity contribution in [3.63, 3.8) is 0 Å². The fourth-order valence-electron chi connectivity index (χ4n) is 1.28. The smallest absolute Gasteiger partial charge is 0.124 e. The Labute approximate surface area is 84.3 Å². The second-order valence-corrected chi connectivity index (χ2v) is 3.81. The molecule has 0 fully saturated rings. The Hall–Kier alpha value is -0.760. The minimum Gasteiger partial charge on any atom is -0.493 e. The van der Waals surface area contributed by atoms with Crippen molar-refractivity contribution in [2.75, 3.05) is 6.61 Å². The van der Waals surface area contributed by atoms with Gasteiger partial charge in [-0.2, -0.15) is 5.26 Å². The van der Waals surface area contributed by atoms with E-state index < -0.39 is 0 Å². The van der Waals surface area contributed by atoms with E-state index in [1.165, 1.54) is 5.56 Å². The van der Waals surface area contributed by atoms with Crippen molar-refractivity contribution in [2.45, 2.75) is 6.42 Å². The van der Waals surface area contributed by atoms with Crippen LogP contribution in [-0.2, 0) is 6.42 Å². The molecule has 1 aliphatic rings. The lowest BCUT2D eigenvalue weighted by Gasteiger charge is -2.00. The molecule has 0 amide bonds. The lowest BCUT2D eigenvalue weighted by atomic mass is 10.1. The summed E-state index contributed by atoms with van der Waals surface area (Å²) < 4.78 is 6.35. The third-order valence-electron chi connectivity index (χ3n) is 1.90. The van der Waals surface area contributed by atoms with Crippen molar-refractivity contribution in [3.05, 3.63) is 26.8 Å². The molecule has 12 heavy (non-hydrogen) atoms. The van der Waals surface area contributed by atoms with Gasteiger partial charge in [0.15, 0.2) is 0 Å². The second-order valence-electron chi connectivity index (χ2n) is 2.65. The molecule has 2 nitrogen and oxygen atoms in total. The number of halogens is 1. The van der Waals surface area contributed by atoms with Crippen LogP contribution in [0.5, 0.6) is 5.75 Å². The number of benzene rings is 1. The van der Waals surface area contributed by atoms with Gasteiger partial charge in [-0.1, -0.05) is 0 Å². The summed E-state index contributed by atoms with van der Waals surface area (Å²) in [6, 6.07) is 5.99. The highest BCUT2D eigenvalue weighted by atomic mass is 127. The summed E-state index contributed by atoms with van der Waals surface area (Å²) >= 11 is 2.18. The maximum absolute atomic E-state index is 8.74. The fourth-order valence-corrected chi connectivity index (χ4v) is 1.93. The summed E-state index contributed by atoms with van der Waals surface area (Å²) in [7, 11) is 0. The molecule has 1 aromatic rings. The first kappa shape index (κ1) is 7.87. The molecule has 0 aliphatic carbocycles. The van der Waals surface area contributed by atoms with E-state index in [1.54, 1.807) is 0 Å². The van der Waals surface area contributed by atoms with E-state index in [9.17, 15) is 0 Å². The maximum Gasteiger partial charge on any atom is 0.124 e. The van der Waals surface area contributed by atoms with E-state index in [1.807, 2.05) is 12.1 Å². The Kier molecular flexibility index (Phi) is 1.93. The van der Waals surface area contributed by atoms with Gasteiger partial charge in [-0.15, -0.1) is 0 Å². The van der Waals surface area contributed by atoms with Crippen LogP contribution in [0.4, 0.5) is 0 Å². The number of nitrogens with zero attached hydrogens (tertiary/aromatic N) is 1. The van der Waals surface area contributed by atoms with Crippen LogP contribution in [0, 0.1) is 14.9 Å². The maximum atomic E-state index is 8.74. The molecule has 0 N–H and O–H groups in total. The third-order valence-corrected chi connectivity index (χ3v) is 2.79. The highest BCUT2D eigenvalue weighted by molar-refractivity contribution is 14.1. The number of fused-ring (bicyclic) bond motifs is 1. The van der Waals surface area contributed by atoms with Crippen LogP contribution in [0.25, 0.3) is 0 Å².